The average Bonchev–Trinajstić information content (AvgIpc) is 3.36. The van der Waals surface area contributed by atoms with E-state index in [9.17, 15) is 18.3 Å². The van der Waals surface area contributed by atoms with Crippen LogP contribution in [-0.2, 0) is 26.8 Å². The topological polar surface area (TPSA) is 114 Å². The second-order valence-electron chi connectivity index (χ2n) is 11.1. The molecule has 1 aliphatic heterocycles. The summed E-state index contributed by atoms with van der Waals surface area (Å²) in [5, 5.41) is 18.2. The van der Waals surface area contributed by atoms with Crippen molar-refractivity contribution in [2.75, 3.05) is 5.32 Å². The lowest BCUT2D eigenvalue weighted by Crippen LogP contribution is -2.36. The minimum absolute atomic E-state index is 0.0775. The second kappa shape index (κ2) is 8.27. The number of sulfonamides is 1. The van der Waals surface area contributed by atoms with Crippen molar-refractivity contribution in [2.45, 2.75) is 95.4 Å². The van der Waals surface area contributed by atoms with Crippen molar-refractivity contribution in [2.24, 2.45) is 0 Å². The normalized spacial score (nSPS) is 22.0. The summed E-state index contributed by atoms with van der Waals surface area (Å²) in [4.78, 5) is 12.6. The van der Waals surface area contributed by atoms with Crippen molar-refractivity contribution in [3.63, 3.8) is 0 Å². The number of aliphatic hydroxyl groups is 1. The Balaban J connectivity index is 1.61. The number of fused-ring (bicyclic) bond motifs is 1. The van der Waals surface area contributed by atoms with Gasteiger partial charge in [-0.1, -0.05) is 0 Å². The van der Waals surface area contributed by atoms with Gasteiger partial charge in [-0.3, -0.25) is 0 Å². The molecule has 2 aromatic rings. The SMILES string of the molecule is CC(C)(C)OC(=O)N1Cc2cc(Nc3cc([C@H]4CC[C@@H](O)C4)nn3C(C)(C)C)ccc2S1(=O)=O. The zero-order chi connectivity index (χ0) is 25.1. The molecule has 1 amide bonds. The van der Waals surface area contributed by atoms with Crippen molar-refractivity contribution < 1.29 is 23.1 Å². The van der Waals surface area contributed by atoms with Gasteiger partial charge in [0.1, 0.15) is 11.4 Å². The number of hydrogen-bond donors (Lipinski definition) is 2. The van der Waals surface area contributed by atoms with Crippen LogP contribution in [0.25, 0.3) is 0 Å². The third-order valence-electron chi connectivity index (χ3n) is 6.00. The van der Waals surface area contributed by atoms with E-state index in [1.54, 1.807) is 32.9 Å². The Morgan fingerprint density at radius 3 is 2.44 bits per heavy atom. The number of ether oxygens (including phenoxy) is 1. The first-order valence-corrected chi connectivity index (χ1v) is 13.0. The lowest BCUT2D eigenvalue weighted by Gasteiger charge is -2.23. The number of carbonyl (C=O) groups excluding carboxylic acids is 1. The first-order chi connectivity index (χ1) is 15.6. The summed E-state index contributed by atoms with van der Waals surface area (Å²) in [7, 11) is -3.96. The van der Waals surface area contributed by atoms with E-state index in [2.05, 4.69) is 26.1 Å². The average molecular weight is 491 g/mol. The highest BCUT2D eigenvalue weighted by atomic mass is 32.2. The van der Waals surface area contributed by atoms with E-state index in [1.807, 2.05) is 10.7 Å². The summed E-state index contributed by atoms with van der Waals surface area (Å²) >= 11 is 0. The Kier molecular flexibility index (Phi) is 5.96. The van der Waals surface area contributed by atoms with Crippen LogP contribution < -0.4 is 5.32 Å². The number of benzene rings is 1. The molecular weight excluding hydrogens is 456 g/mol. The molecule has 10 heteroatoms. The van der Waals surface area contributed by atoms with Gasteiger partial charge in [0.05, 0.1) is 28.8 Å². The van der Waals surface area contributed by atoms with Crippen LogP contribution in [0.2, 0.25) is 0 Å². The van der Waals surface area contributed by atoms with Crippen LogP contribution in [0, 0.1) is 0 Å². The van der Waals surface area contributed by atoms with Crippen LogP contribution in [-0.4, -0.2) is 45.4 Å². The molecule has 186 valence electrons. The lowest BCUT2D eigenvalue weighted by molar-refractivity contribution is 0.0388. The molecule has 34 heavy (non-hydrogen) atoms. The van der Waals surface area contributed by atoms with E-state index in [0.717, 1.165) is 28.7 Å². The van der Waals surface area contributed by atoms with Gasteiger partial charge in [0.15, 0.2) is 0 Å². The highest BCUT2D eigenvalue weighted by Crippen LogP contribution is 2.38. The summed E-state index contributed by atoms with van der Waals surface area (Å²) < 4.78 is 33.8. The van der Waals surface area contributed by atoms with Crippen LogP contribution in [0.1, 0.15) is 78.0 Å². The van der Waals surface area contributed by atoms with Crippen molar-refractivity contribution >= 4 is 27.6 Å². The molecule has 1 aromatic carbocycles. The Labute approximate surface area is 201 Å². The maximum atomic E-state index is 12.9. The van der Waals surface area contributed by atoms with Crippen molar-refractivity contribution in [1.82, 2.24) is 14.1 Å². The molecule has 0 unspecified atom stereocenters. The molecular formula is C24H34N4O5S. The van der Waals surface area contributed by atoms with E-state index in [0.29, 0.717) is 17.7 Å². The monoisotopic (exact) mass is 490 g/mol. The molecule has 1 fully saturated rings. The Morgan fingerprint density at radius 1 is 1.15 bits per heavy atom. The fourth-order valence-corrected chi connectivity index (χ4v) is 5.91. The van der Waals surface area contributed by atoms with Crippen LogP contribution >= 0.6 is 0 Å². The minimum atomic E-state index is -3.96. The second-order valence-corrected chi connectivity index (χ2v) is 13.0. The molecule has 0 radical (unpaired) electrons. The van der Waals surface area contributed by atoms with Gasteiger partial charge in [-0.05, 0) is 84.6 Å². The highest BCUT2D eigenvalue weighted by Gasteiger charge is 2.40. The smallest absolute Gasteiger partial charge is 0.424 e. The molecule has 1 aliphatic carbocycles. The van der Waals surface area contributed by atoms with Crippen molar-refractivity contribution in [3.05, 3.63) is 35.5 Å². The number of carbonyl (C=O) groups is 1. The van der Waals surface area contributed by atoms with E-state index in [4.69, 9.17) is 9.84 Å². The first-order valence-electron chi connectivity index (χ1n) is 11.6. The molecule has 2 heterocycles. The van der Waals surface area contributed by atoms with Crippen LogP contribution in [0.3, 0.4) is 0 Å². The van der Waals surface area contributed by atoms with Gasteiger partial charge >= 0.3 is 6.09 Å². The fraction of sp³-hybridized carbons (Fsp3) is 0.583. The molecule has 2 atom stereocenters. The minimum Gasteiger partial charge on any atom is -0.443 e. The molecule has 1 saturated carbocycles. The number of aromatic nitrogens is 2. The van der Waals surface area contributed by atoms with Gasteiger partial charge in [0.2, 0.25) is 0 Å². The van der Waals surface area contributed by atoms with Gasteiger partial charge in [-0.25, -0.2) is 17.9 Å². The summed E-state index contributed by atoms with van der Waals surface area (Å²) in [5.74, 6) is 1.00. The fourth-order valence-electron chi connectivity index (χ4n) is 4.44. The molecule has 4 rings (SSSR count). The van der Waals surface area contributed by atoms with Crippen molar-refractivity contribution in [1.29, 1.82) is 0 Å². The van der Waals surface area contributed by atoms with Gasteiger partial charge in [-0.15, -0.1) is 0 Å². The maximum Gasteiger partial charge on any atom is 0.424 e. The Hall–Kier alpha value is -2.59. The van der Waals surface area contributed by atoms with Gasteiger partial charge in [-0.2, -0.15) is 9.40 Å². The number of anilines is 2. The third-order valence-corrected chi connectivity index (χ3v) is 7.81. The third kappa shape index (κ3) is 4.79. The number of aliphatic hydroxyl groups excluding tert-OH is 1. The predicted octanol–water partition coefficient (Wildman–Crippen LogP) is 4.45. The van der Waals surface area contributed by atoms with Gasteiger partial charge in [0, 0.05) is 17.7 Å². The summed E-state index contributed by atoms with van der Waals surface area (Å²) in [6.07, 6.45) is 1.22. The number of amides is 1. The zero-order valence-electron chi connectivity index (χ0n) is 20.6. The lowest BCUT2D eigenvalue weighted by atomic mass is 10.0. The van der Waals surface area contributed by atoms with E-state index >= 15 is 0 Å². The molecule has 1 aromatic heterocycles. The van der Waals surface area contributed by atoms with E-state index < -0.39 is 21.7 Å². The standard InChI is InChI=1S/C24H34N4O5S/c1-23(2,3)28-21(13-19(26-28)15-7-9-18(29)12-15)25-17-8-10-20-16(11-17)14-27(34(20,31)32)22(30)33-24(4,5)6/h8,10-11,13,15,18,25,29H,7,9,12,14H2,1-6H3/t15-,18+/m0/s1. The quantitative estimate of drug-likeness (QED) is 0.653. The molecule has 0 saturated heterocycles. The summed E-state index contributed by atoms with van der Waals surface area (Å²) in [6.45, 7) is 11.2. The van der Waals surface area contributed by atoms with E-state index in [-0.39, 0.29) is 29.0 Å². The molecule has 2 aliphatic rings. The number of nitrogens with one attached hydrogen (secondary N) is 1. The predicted molar refractivity (Wildman–Crippen MR) is 129 cm³/mol. The van der Waals surface area contributed by atoms with Gasteiger partial charge in [0.25, 0.3) is 10.0 Å². The summed E-state index contributed by atoms with van der Waals surface area (Å²) in [5.41, 5.74) is 1.08. The molecule has 0 bridgehead atoms. The van der Waals surface area contributed by atoms with Crippen LogP contribution in [0.4, 0.5) is 16.3 Å². The Morgan fingerprint density at radius 2 is 1.85 bits per heavy atom. The highest BCUT2D eigenvalue weighted by molar-refractivity contribution is 7.90. The molecule has 0 spiro atoms. The van der Waals surface area contributed by atoms with Crippen molar-refractivity contribution in [3.8, 4) is 0 Å². The summed E-state index contributed by atoms with van der Waals surface area (Å²) in [6, 6.07) is 6.96. The van der Waals surface area contributed by atoms with Crippen LogP contribution in [0.5, 0.6) is 0 Å². The van der Waals surface area contributed by atoms with Crippen LogP contribution in [0.15, 0.2) is 29.2 Å². The zero-order valence-corrected chi connectivity index (χ0v) is 21.4. The first kappa shape index (κ1) is 24.5. The number of nitrogens with zero attached hydrogens (tertiary/aromatic N) is 3. The van der Waals surface area contributed by atoms with Gasteiger partial charge < -0.3 is 15.2 Å². The number of hydrogen-bond acceptors (Lipinski definition) is 7. The Bertz CT molecular complexity index is 1210. The largest absolute Gasteiger partial charge is 0.443 e. The molecule has 9 nitrogen and oxygen atoms in total. The molecule has 2 N–H and O–H groups in total. The maximum absolute atomic E-state index is 12.9. The number of rotatable bonds is 3. The van der Waals surface area contributed by atoms with E-state index in [1.165, 1.54) is 6.07 Å².